The van der Waals surface area contributed by atoms with Gasteiger partial charge >= 0.3 is 0 Å². The van der Waals surface area contributed by atoms with E-state index in [2.05, 4.69) is 42.7 Å². The van der Waals surface area contributed by atoms with Crippen LogP contribution in [0, 0.1) is 0 Å². The van der Waals surface area contributed by atoms with Gasteiger partial charge in [-0.3, -0.25) is 0 Å². The molecule has 2 aromatic rings. The summed E-state index contributed by atoms with van der Waals surface area (Å²) in [6, 6.07) is 16.8. The second kappa shape index (κ2) is 6.45. The molecular formula is C19H20ClNO. The Labute approximate surface area is 136 Å². The van der Waals surface area contributed by atoms with E-state index in [1.54, 1.807) is 7.11 Å². The van der Waals surface area contributed by atoms with E-state index in [4.69, 9.17) is 16.3 Å². The minimum absolute atomic E-state index is 0.370. The van der Waals surface area contributed by atoms with E-state index in [0.717, 1.165) is 17.2 Å². The van der Waals surface area contributed by atoms with Gasteiger partial charge in [0.2, 0.25) is 0 Å². The quantitative estimate of drug-likeness (QED) is 0.894. The Hall–Kier alpha value is -1.93. The highest BCUT2D eigenvalue weighted by Gasteiger charge is 2.28. The average molecular weight is 314 g/mol. The van der Waals surface area contributed by atoms with Gasteiger partial charge in [-0.05, 0) is 60.5 Å². The summed E-state index contributed by atoms with van der Waals surface area (Å²) in [5.74, 6) is 1.28. The van der Waals surface area contributed by atoms with Crippen LogP contribution in [0.3, 0.4) is 0 Å². The number of nitrogens with one attached hydrogen (secondary N) is 1. The van der Waals surface area contributed by atoms with Crippen molar-refractivity contribution in [3.8, 4) is 5.75 Å². The Morgan fingerprint density at radius 1 is 1.05 bits per heavy atom. The summed E-state index contributed by atoms with van der Waals surface area (Å²) in [6.07, 6.45) is 3.11. The van der Waals surface area contributed by atoms with E-state index >= 15 is 0 Å². The normalized spacial score (nSPS) is 20.4. The smallest absolute Gasteiger partial charge is 0.118 e. The maximum absolute atomic E-state index is 6.01. The highest BCUT2D eigenvalue weighted by atomic mass is 35.5. The van der Waals surface area contributed by atoms with Gasteiger partial charge in [0, 0.05) is 17.0 Å². The van der Waals surface area contributed by atoms with Crippen molar-refractivity contribution in [2.75, 3.05) is 7.11 Å². The number of rotatable bonds is 4. The Kier molecular flexibility index (Phi) is 4.39. The molecule has 0 saturated carbocycles. The zero-order valence-corrected chi connectivity index (χ0v) is 13.6. The van der Waals surface area contributed by atoms with Gasteiger partial charge in [0.15, 0.2) is 0 Å². The molecule has 22 heavy (non-hydrogen) atoms. The van der Waals surface area contributed by atoms with Crippen LogP contribution in [0.2, 0.25) is 5.02 Å². The van der Waals surface area contributed by atoms with Crippen LogP contribution in [-0.2, 0) is 6.42 Å². The molecule has 1 aliphatic rings. The van der Waals surface area contributed by atoms with Gasteiger partial charge in [-0.1, -0.05) is 35.9 Å². The Morgan fingerprint density at radius 3 is 2.36 bits per heavy atom. The molecule has 0 bridgehead atoms. The van der Waals surface area contributed by atoms with E-state index in [0.29, 0.717) is 12.0 Å². The molecule has 1 heterocycles. The van der Waals surface area contributed by atoms with Crippen molar-refractivity contribution in [3.63, 3.8) is 0 Å². The Balaban J connectivity index is 1.79. The number of hydrogen-bond donors (Lipinski definition) is 1. The molecular weight excluding hydrogens is 294 g/mol. The van der Waals surface area contributed by atoms with Crippen molar-refractivity contribution in [3.05, 3.63) is 76.5 Å². The molecule has 0 aromatic heterocycles. The van der Waals surface area contributed by atoms with E-state index in [1.807, 2.05) is 24.3 Å². The Morgan fingerprint density at radius 2 is 1.73 bits per heavy atom. The van der Waals surface area contributed by atoms with Gasteiger partial charge in [-0.15, -0.1) is 0 Å². The van der Waals surface area contributed by atoms with Crippen molar-refractivity contribution >= 4 is 11.6 Å². The number of benzene rings is 2. The van der Waals surface area contributed by atoms with E-state index in [1.165, 1.54) is 16.7 Å². The highest BCUT2D eigenvalue weighted by molar-refractivity contribution is 6.30. The maximum Gasteiger partial charge on any atom is 0.118 e. The first kappa shape index (κ1) is 15.0. The second-order valence-electron chi connectivity index (χ2n) is 5.74. The fourth-order valence-corrected chi connectivity index (χ4v) is 3.23. The van der Waals surface area contributed by atoms with Crippen LogP contribution in [0.25, 0.3) is 0 Å². The average Bonchev–Trinajstić information content (AvgIpc) is 2.90. The van der Waals surface area contributed by atoms with Crippen LogP contribution >= 0.6 is 11.6 Å². The molecule has 0 amide bonds. The molecule has 1 aliphatic heterocycles. The molecule has 2 unspecified atom stereocenters. The van der Waals surface area contributed by atoms with Gasteiger partial charge in [-0.2, -0.15) is 0 Å². The fraction of sp³-hybridized carbons (Fsp3) is 0.263. The molecule has 0 radical (unpaired) electrons. The molecule has 2 nitrogen and oxygen atoms in total. The van der Waals surface area contributed by atoms with Crippen molar-refractivity contribution in [1.82, 2.24) is 5.32 Å². The second-order valence-corrected chi connectivity index (χ2v) is 6.18. The van der Waals surface area contributed by atoms with Crippen molar-refractivity contribution < 1.29 is 4.74 Å². The largest absolute Gasteiger partial charge is 0.497 e. The summed E-state index contributed by atoms with van der Waals surface area (Å²) in [6.45, 7) is 2.18. The highest BCUT2D eigenvalue weighted by Crippen LogP contribution is 2.33. The first-order valence-corrected chi connectivity index (χ1v) is 7.86. The van der Waals surface area contributed by atoms with Crippen LogP contribution in [-0.4, -0.2) is 13.2 Å². The molecule has 0 spiro atoms. The van der Waals surface area contributed by atoms with Gasteiger partial charge in [0.25, 0.3) is 0 Å². The summed E-state index contributed by atoms with van der Waals surface area (Å²) < 4.78 is 5.22. The molecule has 0 saturated heterocycles. The molecule has 0 aliphatic carbocycles. The van der Waals surface area contributed by atoms with Crippen LogP contribution in [0.4, 0.5) is 0 Å². The number of halogens is 1. The number of ether oxygens (including phenoxy) is 1. The fourth-order valence-electron chi connectivity index (χ4n) is 3.10. The van der Waals surface area contributed by atoms with E-state index in [-0.39, 0.29) is 0 Å². The predicted octanol–water partition coefficient (Wildman–Crippen LogP) is 4.55. The van der Waals surface area contributed by atoms with Gasteiger partial charge in [0.1, 0.15) is 5.75 Å². The van der Waals surface area contributed by atoms with Gasteiger partial charge < -0.3 is 10.1 Å². The third-order valence-electron chi connectivity index (χ3n) is 4.26. The summed E-state index contributed by atoms with van der Waals surface area (Å²) in [7, 11) is 1.69. The van der Waals surface area contributed by atoms with Crippen LogP contribution in [0.1, 0.15) is 24.0 Å². The number of hydrogen-bond acceptors (Lipinski definition) is 2. The summed E-state index contributed by atoms with van der Waals surface area (Å²) in [5, 5.41) is 4.30. The predicted molar refractivity (Wildman–Crippen MR) is 91.6 cm³/mol. The third-order valence-corrected chi connectivity index (χ3v) is 4.51. The van der Waals surface area contributed by atoms with Crippen molar-refractivity contribution in [2.24, 2.45) is 0 Å². The minimum Gasteiger partial charge on any atom is -0.497 e. The molecule has 2 atom stereocenters. The lowest BCUT2D eigenvalue weighted by molar-refractivity contribution is 0.414. The topological polar surface area (TPSA) is 21.3 Å². The maximum atomic E-state index is 6.01. The first-order chi connectivity index (χ1) is 10.7. The van der Waals surface area contributed by atoms with E-state index < -0.39 is 0 Å². The van der Waals surface area contributed by atoms with Crippen LogP contribution in [0.5, 0.6) is 5.75 Å². The van der Waals surface area contributed by atoms with E-state index in [9.17, 15) is 0 Å². The molecule has 2 aromatic carbocycles. The standard InChI is InChI=1S/C19H20ClNO/c1-13-12-21-18(11-14-3-9-17(22-2)10-4-14)19(13)15-5-7-16(20)8-6-15/h3-10,12,18-19,21H,11H2,1-2H3. The molecule has 0 fully saturated rings. The third kappa shape index (κ3) is 3.12. The van der Waals surface area contributed by atoms with Crippen LogP contribution < -0.4 is 10.1 Å². The summed E-state index contributed by atoms with van der Waals surface area (Å²) in [5.41, 5.74) is 3.97. The lowest BCUT2D eigenvalue weighted by Gasteiger charge is -2.22. The van der Waals surface area contributed by atoms with Gasteiger partial charge in [-0.25, -0.2) is 0 Å². The monoisotopic (exact) mass is 313 g/mol. The zero-order chi connectivity index (χ0) is 15.5. The first-order valence-electron chi connectivity index (χ1n) is 7.48. The lowest BCUT2D eigenvalue weighted by atomic mass is 9.85. The SMILES string of the molecule is COc1ccc(CC2NC=C(C)C2c2ccc(Cl)cc2)cc1. The summed E-state index contributed by atoms with van der Waals surface area (Å²) >= 11 is 6.01. The van der Waals surface area contributed by atoms with Crippen molar-refractivity contribution in [1.29, 1.82) is 0 Å². The molecule has 1 N–H and O–H groups in total. The molecule has 114 valence electrons. The lowest BCUT2D eigenvalue weighted by Crippen LogP contribution is -2.28. The molecule has 3 heteroatoms. The Bertz CT molecular complexity index is 661. The molecule has 3 rings (SSSR count). The minimum atomic E-state index is 0.370. The summed E-state index contributed by atoms with van der Waals surface area (Å²) in [4.78, 5) is 0. The van der Waals surface area contributed by atoms with Crippen LogP contribution in [0.15, 0.2) is 60.3 Å². The van der Waals surface area contributed by atoms with Gasteiger partial charge in [0.05, 0.1) is 7.11 Å². The number of methoxy groups -OCH3 is 1. The van der Waals surface area contributed by atoms with Crippen molar-refractivity contribution in [2.45, 2.75) is 25.3 Å². The zero-order valence-electron chi connectivity index (χ0n) is 12.8.